The minimum absolute atomic E-state index is 0.0153. The van der Waals surface area contributed by atoms with E-state index < -0.39 is 21.9 Å². The topological polar surface area (TPSA) is 126 Å². The second-order valence-corrected chi connectivity index (χ2v) is 10.0. The number of carbonyl (C=O) groups is 3. The molecular weight excluding hydrogens is 468 g/mol. The van der Waals surface area contributed by atoms with Gasteiger partial charge < -0.3 is 15.0 Å². The minimum atomic E-state index is -3.59. The van der Waals surface area contributed by atoms with Gasteiger partial charge in [0.05, 0.1) is 17.4 Å². The van der Waals surface area contributed by atoms with Crippen LogP contribution < -0.4 is 10.2 Å². The number of ether oxygens (including phenoxy) is 1. The van der Waals surface area contributed by atoms with E-state index in [1.165, 1.54) is 26.7 Å². The first-order chi connectivity index (χ1) is 15.7. The molecule has 1 unspecified atom stereocenters. The molecule has 2 heterocycles. The van der Waals surface area contributed by atoms with Gasteiger partial charge in [-0.1, -0.05) is 13.8 Å². The maximum Gasteiger partial charge on any atom is 0.357 e. The van der Waals surface area contributed by atoms with E-state index in [1.54, 1.807) is 32.9 Å². The first-order valence-corrected chi connectivity index (χ1v) is 12.9. The Kier molecular flexibility index (Phi) is 7.82. The summed E-state index contributed by atoms with van der Waals surface area (Å²) in [6, 6.07) is 6.08. The van der Waals surface area contributed by atoms with Crippen LogP contribution in [0.1, 0.15) is 37.7 Å². The highest BCUT2D eigenvalue weighted by atomic mass is 32.2. The third-order valence-corrected chi connectivity index (χ3v) is 8.03. The summed E-state index contributed by atoms with van der Waals surface area (Å²) >= 11 is 1.10. The van der Waals surface area contributed by atoms with Crippen molar-refractivity contribution in [1.29, 1.82) is 0 Å². The van der Waals surface area contributed by atoms with Gasteiger partial charge in [-0.3, -0.25) is 9.59 Å². The monoisotopic (exact) mass is 494 g/mol. The molecule has 1 aromatic heterocycles. The molecule has 1 fully saturated rings. The summed E-state index contributed by atoms with van der Waals surface area (Å²) in [6.07, 6.45) is 0.0153. The lowest BCUT2D eigenvalue weighted by Crippen LogP contribution is -2.31. The number of esters is 1. The van der Waals surface area contributed by atoms with Gasteiger partial charge in [-0.15, -0.1) is 11.3 Å². The fourth-order valence-corrected chi connectivity index (χ4v) is 5.62. The van der Waals surface area contributed by atoms with Gasteiger partial charge in [-0.05, 0) is 31.2 Å². The largest absolute Gasteiger partial charge is 0.461 e. The fourth-order valence-electron chi connectivity index (χ4n) is 3.48. The van der Waals surface area contributed by atoms with E-state index in [9.17, 15) is 22.8 Å². The molecule has 178 valence electrons. The van der Waals surface area contributed by atoms with Crippen LogP contribution in [0.25, 0.3) is 0 Å². The van der Waals surface area contributed by atoms with Crippen molar-refractivity contribution in [3.05, 3.63) is 35.3 Å². The lowest BCUT2D eigenvalue weighted by molar-refractivity contribution is -0.122. The van der Waals surface area contributed by atoms with Gasteiger partial charge in [0.2, 0.25) is 21.8 Å². The number of benzene rings is 1. The normalized spacial score (nSPS) is 16.3. The zero-order valence-corrected chi connectivity index (χ0v) is 20.2. The first-order valence-electron chi connectivity index (χ1n) is 10.5. The molecule has 3 rings (SSSR count). The first kappa shape index (κ1) is 24.8. The van der Waals surface area contributed by atoms with Crippen LogP contribution in [0.5, 0.6) is 0 Å². The van der Waals surface area contributed by atoms with Crippen LogP contribution in [-0.4, -0.2) is 61.7 Å². The highest BCUT2D eigenvalue weighted by Gasteiger charge is 2.35. The van der Waals surface area contributed by atoms with Crippen molar-refractivity contribution in [3.63, 3.8) is 0 Å². The van der Waals surface area contributed by atoms with Crippen molar-refractivity contribution in [2.75, 3.05) is 36.5 Å². The highest BCUT2D eigenvalue weighted by molar-refractivity contribution is 7.89. The number of carbonyl (C=O) groups excluding carboxylic acids is 3. The Bertz CT molecular complexity index is 1130. The zero-order chi connectivity index (χ0) is 24.2. The molecule has 10 nitrogen and oxygen atoms in total. The third kappa shape index (κ3) is 5.40. The summed E-state index contributed by atoms with van der Waals surface area (Å²) in [5.74, 6) is -1.79. The van der Waals surface area contributed by atoms with Gasteiger partial charge in [-0.25, -0.2) is 18.2 Å². The van der Waals surface area contributed by atoms with Crippen molar-refractivity contribution in [3.8, 4) is 0 Å². The molecular formula is C21H26N4O6S2. The van der Waals surface area contributed by atoms with Crippen molar-refractivity contribution >= 4 is 50.0 Å². The molecule has 0 radical (unpaired) electrons. The van der Waals surface area contributed by atoms with Crippen LogP contribution >= 0.6 is 11.3 Å². The number of rotatable bonds is 9. The Balaban J connectivity index is 1.66. The smallest absolute Gasteiger partial charge is 0.357 e. The summed E-state index contributed by atoms with van der Waals surface area (Å²) in [5.41, 5.74) is 0.633. The van der Waals surface area contributed by atoms with Crippen molar-refractivity contribution < 1.29 is 27.5 Å². The molecule has 2 amide bonds. The summed E-state index contributed by atoms with van der Waals surface area (Å²) in [4.78, 5) is 42.6. The third-order valence-electron chi connectivity index (χ3n) is 5.21. The van der Waals surface area contributed by atoms with E-state index in [1.807, 2.05) is 0 Å². The van der Waals surface area contributed by atoms with E-state index in [4.69, 9.17) is 4.74 Å². The van der Waals surface area contributed by atoms with Crippen molar-refractivity contribution in [2.24, 2.45) is 5.92 Å². The molecule has 1 atom stereocenters. The summed E-state index contributed by atoms with van der Waals surface area (Å²) in [7, 11) is -3.59. The van der Waals surface area contributed by atoms with E-state index in [0.717, 1.165) is 11.3 Å². The molecule has 2 aromatic rings. The molecule has 1 aliphatic heterocycles. The van der Waals surface area contributed by atoms with Gasteiger partial charge in [0.15, 0.2) is 10.8 Å². The van der Waals surface area contributed by atoms with Crippen LogP contribution in [0.2, 0.25) is 0 Å². The van der Waals surface area contributed by atoms with Gasteiger partial charge in [0.1, 0.15) is 0 Å². The Morgan fingerprint density at radius 2 is 1.88 bits per heavy atom. The molecule has 1 saturated heterocycles. The summed E-state index contributed by atoms with van der Waals surface area (Å²) < 4.78 is 31.5. The molecule has 0 spiro atoms. The van der Waals surface area contributed by atoms with Crippen LogP contribution in [0.3, 0.4) is 0 Å². The number of anilines is 2. The zero-order valence-electron chi connectivity index (χ0n) is 18.6. The number of sulfonamides is 1. The number of hydrogen-bond donors (Lipinski definition) is 1. The molecule has 1 aliphatic rings. The molecule has 12 heteroatoms. The molecule has 0 saturated carbocycles. The van der Waals surface area contributed by atoms with E-state index in [-0.39, 0.29) is 47.1 Å². The average Bonchev–Trinajstić information content (AvgIpc) is 3.41. The summed E-state index contributed by atoms with van der Waals surface area (Å²) in [5, 5.41) is 4.39. The lowest BCUT2D eigenvalue weighted by Gasteiger charge is -2.20. The second-order valence-electron chi connectivity index (χ2n) is 7.24. The molecule has 1 aromatic carbocycles. The van der Waals surface area contributed by atoms with Gasteiger partial charge in [0, 0.05) is 37.1 Å². The predicted octanol–water partition coefficient (Wildman–Crippen LogP) is 2.34. The predicted molar refractivity (Wildman–Crippen MR) is 124 cm³/mol. The van der Waals surface area contributed by atoms with Crippen LogP contribution in [0.4, 0.5) is 10.8 Å². The second kappa shape index (κ2) is 10.4. The standard InChI is InChI=1S/C21H26N4O6S2/c1-4-24(5-2)33(29,30)16-9-7-15(8-10-16)25-12-14(11-18(25)26)19(27)23-21-22-17(13-32-21)20(28)31-6-3/h7-10,13-14H,4-6,11-12H2,1-3H3,(H,22,23,27). The molecule has 33 heavy (non-hydrogen) atoms. The molecule has 0 aliphatic carbocycles. The number of amides is 2. The maximum absolute atomic E-state index is 12.6. The van der Waals surface area contributed by atoms with Crippen molar-refractivity contribution in [1.82, 2.24) is 9.29 Å². The van der Waals surface area contributed by atoms with Crippen LogP contribution in [-0.2, 0) is 24.3 Å². The summed E-state index contributed by atoms with van der Waals surface area (Å²) in [6.45, 7) is 6.33. The lowest BCUT2D eigenvalue weighted by atomic mass is 10.1. The fraction of sp³-hybridized carbons (Fsp3) is 0.429. The Labute approximate surface area is 196 Å². The van der Waals surface area contributed by atoms with Crippen LogP contribution in [0, 0.1) is 5.92 Å². The number of nitrogens with zero attached hydrogens (tertiary/aromatic N) is 3. The molecule has 1 N–H and O–H groups in total. The number of aromatic nitrogens is 1. The van der Waals surface area contributed by atoms with E-state index >= 15 is 0 Å². The Morgan fingerprint density at radius 3 is 2.48 bits per heavy atom. The molecule has 0 bridgehead atoms. The van der Waals surface area contributed by atoms with Crippen molar-refractivity contribution in [2.45, 2.75) is 32.1 Å². The Hall–Kier alpha value is -2.83. The Morgan fingerprint density at radius 1 is 1.21 bits per heavy atom. The number of hydrogen-bond acceptors (Lipinski definition) is 8. The average molecular weight is 495 g/mol. The van der Waals surface area contributed by atoms with Gasteiger partial charge in [-0.2, -0.15) is 4.31 Å². The SMILES string of the molecule is CCOC(=O)c1csc(NC(=O)C2CC(=O)N(c3ccc(S(=O)(=O)N(CC)CC)cc3)C2)n1. The van der Waals surface area contributed by atoms with Gasteiger partial charge in [0.25, 0.3) is 0 Å². The maximum atomic E-state index is 12.6. The quantitative estimate of drug-likeness (QED) is 0.530. The van der Waals surface area contributed by atoms with Crippen LogP contribution in [0.15, 0.2) is 34.5 Å². The highest BCUT2D eigenvalue weighted by Crippen LogP contribution is 2.28. The number of thiazole rings is 1. The van der Waals surface area contributed by atoms with E-state index in [2.05, 4.69) is 10.3 Å². The number of nitrogens with one attached hydrogen (secondary N) is 1. The van der Waals surface area contributed by atoms with Gasteiger partial charge >= 0.3 is 5.97 Å². The van der Waals surface area contributed by atoms with E-state index in [0.29, 0.717) is 18.8 Å². The minimum Gasteiger partial charge on any atom is -0.461 e.